The lowest BCUT2D eigenvalue weighted by atomic mass is 9.80. The lowest BCUT2D eigenvalue weighted by Gasteiger charge is -2.39. The fourth-order valence-corrected chi connectivity index (χ4v) is 7.31. The summed E-state index contributed by atoms with van der Waals surface area (Å²) in [5.74, 6) is 0. The molecule has 0 N–H and O–H groups in total. The molecule has 0 heterocycles. The van der Waals surface area contributed by atoms with Crippen LogP contribution in [0.15, 0.2) is 224 Å². The van der Waals surface area contributed by atoms with Crippen molar-refractivity contribution in [1.29, 1.82) is 0 Å². The summed E-state index contributed by atoms with van der Waals surface area (Å²) >= 11 is 0. The molecule has 0 aliphatic carbocycles. The average molecular weight is 781 g/mol. The maximum Gasteiger partial charge on any atom is 0.143 e. The van der Waals surface area contributed by atoms with Gasteiger partial charge in [0.25, 0.3) is 0 Å². The molecule has 298 valence electrons. The summed E-state index contributed by atoms with van der Waals surface area (Å²) in [5, 5.41) is 0. The second-order valence-corrected chi connectivity index (χ2v) is 14.5. The Labute approximate surface area is 349 Å². The molecule has 0 spiro atoms. The third-order valence-corrected chi connectivity index (χ3v) is 10.3. The van der Waals surface area contributed by atoms with Crippen LogP contribution in [0.3, 0.4) is 0 Å². The molecule has 7 aromatic rings. The van der Waals surface area contributed by atoms with Crippen LogP contribution in [0.2, 0.25) is 0 Å². The number of rotatable bonds is 22. The average Bonchev–Trinajstić information content (AvgIpc) is 3.31. The lowest BCUT2D eigenvalue weighted by molar-refractivity contribution is -0.170. The van der Waals surface area contributed by atoms with E-state index in [1.54, 1.807) is 0 Å². The Morgan fingerprint density at radius 1 is 0.407 bits per heavy atom. The van der Waals surface area contributed by atoms with Gasteiger partial charge in [0.1, 0.15) is 23.9 Å². The molecule has 0 unspecified atom stereocenters. The molecule has 0 bridgehead atoms. The van der Waals surface area contributed by atoms with E-state index in [0.717, 1.165) is 44.5 Å². The summed E-state index contributed by atoms with van der Waals surface area (Å²) in [6.45, 7) is 6.43. The summed E-state index contributed by atoms with van der Waals surface area (Å²) in [7, 11) is 0. The van der Waals surface area contributed by atoms with Gasteiger partial charge in [-0.3, -0.25) is 0 Å². The van der Waals surface area contributed by atoms with Gasteiger partial charge < -0.3 is 23.7 Å². The van der Waals surface area contributed by atoms with E-state index in [1.165, 1.54) is 0 Å². The van der Waals surface area contributed by atoms with E-state index in [0.29, 0.717) is 26.4 Å². The topological polar surface area (TPSA) is 46.2 Å². The molecular formula is C54H52O5. The van der Waals surface area contributed by atoms with E-state index in [9.17, 15) is 0 Å². The SMILES string of the molecule is C=C(COCc1ccccc1)[C@H](OCc1ccccc1)[C@H](OCc1ccccc1)[C@H](COC(c1ccccc1)(c1ccccc1)c1ccccc1)OCc1ccccc1. The van der Waals surface area contributed by atoms with Crippen LogP contribution in [0.4, 0.5) is 0 Å². The molecule has 3 atom stereocenters. The highest BCUT2D eigenvalue weighted by Gasteiger charge is 2.41. The Kier molecular flexibility index (Phi) is 15.2. The summed E-state index contributed by atoms with van der Waals surface area (Å²) in [5.41, 5.74) is 6.92. The van der Waals surface area contributed by atoms with Crippen LogP contribution in [0.25, 0.3) is 0 Å². The number of hydrogen-bond donors (Lipinski definition) is 0. The molecule has 5 heteroatoms. The quantitative estimate of drug-likeness (QED) is 0.0506. The molecule has 0 aliphatic rings. The van der Waals surface area contributed by atoms with Crippen LogP contribution >= 0.6 is 0 Å². The van der Waals surface area contributed by atoms with Crippen molar-refractivity contribution in [2.45, 2.75) is 50.3 Å². The molecule has 5 nitrogen and oxygen atoms in total. The van der Waals surface area contributed by atoms with Crippen molar-refractivity contribution in [2.75, 3.05) is 13.2 Å². The fraction of sp³-hybridized carbons (Fsp3) is 0.185. The van der Waals surface area contributed by atoms with Gasteiger partial charge in [0.15, 0.2) is 0 Å². The minimum Gasteiger partial charge on any atom is -0.372 e. The zero-order valence-corrected chi connectivity index (χ0v) is 33.4. The Balaban J connectivity index is 1.29. The smallest absolute Gasteiger partial charge is 0.143 e. The predicted molar refractivity (Wildman–Crippen MR) is 235 cm³/mol. The van der Waals surface area contributed by atoms with E-state index in [4.69, 9.17) is 23.7 Å². The van der Waals surface area contributed by atoms with E-state index >= 15 is 0 Å². The second-order valence-electron chi connectivity index (χ2n) is 14.5. The Morgan fingerprint density at radius 2 is 0.746 bits per heavy atom. The number of benzene rings is 7. The standard InChI is InChI=1S/C54H52O5/c1-43(37-55-38-44-23-9-2-10-24-44)52(57-40-46-27-13-4-14-28-46)53(58-41-47-29-15-5-16-30-47)51(56-39-45-25-11-3-12-26-45)42-59-54(48-31-17-6-18-32-48,49-33-19-7-20-34-49)50-35-21-8-22-36-50/h2-36,51-53H,1,37-42H2/t51-,52-,53+/m0/s1. The fourth-order valence-electron chi connectivity index (χ4n) is 7.31. The van der Waals surface area contributed by atoms with Crippen LogP contribution in [-0.4, -0.2) is 31.5 Å². The van der Waals surface area contributed by atoms with Gasteiger partial charge in [-0.05, 0) is 44.5 Å². The van der Waals surface area contributed by atoms with E-state index < -0.39 is 23.9 Å². The third-order valence-electron chi connectivity index (χ3n) is 10.3. The molecular weight excluding hydrogens is 729 g/mol. The van der Waals surface area contributed by atoms with Crippen molar-refractivity contribution >= 4 is 0 Å². The van der Waals surface area contributed by atoms with Crippen LogP contribution in [0.5, 0.6) is 0 Å². The van der Waals surface area contributed by atoms with Crippen LogP contribution in [0, 0.1) is 0 Å². The first-order chi connectivity index (χ1) is 29.2. The van der Waals surface area contributed by atoms with Crippen LogP contribution in [0.1, 0.15) is 38.9 Å². The molecule has 0 aliphatic heterocycles. The minimum absolute atomic E-state index is 0.147. The largest absolute Gasteiger partial charge is 0.372 e. The molecule has 0 radical (unpaired) electrons. The highest BCUT2D eigenvalue weighted by Crippen LogP contribution is 2.41. The summed E-state index contributed by atoms with van der Waals surface area (Å²) < 4.78 is 34.8. The van der Waals surface area contributed by atoms with Gasteiger partial charge in [-0.15, -0.1) is 0 Å². The lowest BCUT2D eigenvalue weighted by Crippen LogP contribution is -2.48. The molecule has 0 saturated carbocycles. The van der Waals surface area contributed by atoms with Crippen molar-refractivity contribution in [3.63, 3.8) is 0 Å². The van der Waals surface area contributed by atoms with Gasteiger partial charge in [0, 0.05) is 0 Å². The van der Waals surface area contributed by atoms with Crippen molar-refractivity contribution in [3.8, 4) is 0 Å². The maximum atomic E-state index is 7.48. The first kappa shape index (κ1) is 41.2. The van der Waals surface area contributed by atoms with Crippen molar-refractivity contribution in [2.24, 2.45) is 0 Å². The van der Waals surface area contributed by atoms with Crippen molar-refractivity contribution in [3.05, 3.63) is 263 Å². The Hall–Kier alpha value is -5.92. The molecule has 0 aromatic heterocycles. The molecule has 0 amide bonds. The van der Waals surface area contributed by atoms with Crippen molar-refractivity contribution < 1.29 is 23.7 Å². The summed E-state index contributed by atoms with van der Waals surface area (Å²) in [6, 6.07) is 71.9. The van der Waals surface area contributed by atoms with Gasteiger partial charge in [-0.1, -0.05) is 219 Å². The summed E-state index contributed by atoms with van der Waals surface area (Å²) in [4.78, 5) is 0. The predicted octanol–water partition coefficient (Wildman–Crippen LogP) is 11.5. The second kappa shape index (κ2) is 21.7. The highest BCUT2D eigenvalue weighted by atomic mass is 16.6. The van der Waals surface area contributed by atoms with Crippen LogP contribution < -0.4 is 0 Å². The third kappa shape index (κ3) is 11.4. The monoisotopic (exact) mass is 780 g/mol. The van der Waals surface area contributed by atoms with Gasteiger partial charge in [-0.2, -0.15) is 0 Å². The van der Waals surface area contributed by atoms with E-state index in [2.05, 4.69) is 128 Å². The van der Waals surface area contributed by atoms with Gasteiger partial charge in [0.2, 0.25) is 0 Å². The Morgan fingerprint density at radius 3 is 1.15 bits per heavy atom. The molecule has 7 rings (SSSR count). The Bertz CT molecular complexity index is 2120. The molecule has 7 aromatic carbocycles. The first-order valence-electron chi connectivity index (χ1n) is 20.3. The van der Waals surface area contributed by atoms with Gasteiger partial charge in [0.05, 0.1) is 39.6 Å². The van der Waals surface area contributed by atoms with E-state index in [-0.39, 0.29) is 13.2 Å². The van der Waals surface area contributed by atoms with Crippen LogP contribution in [-0.2, 0) is 55.7 Å². The molecule has 59 heavy (non-hydrogen) atoms. The maximum absolute atomic E-state index is 7.48. The molecule has 0 saturated heterocycles. The van der Waals surface area contributed by atoms with Gasteiger partial charge in [-0.25, -0.2) is 0 Å². The summed E-state index contributed by atoms with van der Waals surface area (Å²) in [6.07, 6.45) is -1.95. The van der Waals surface area contributed by atoms with Gasteiger partial charge >= 0.3 is 0 Å². The first-order valence-corrected chi connectivity index (χ1v) is 20.3. The zero-order chi connectivity index (χ0) is 40.4. The van der Waals surface area contributed by atoms with E-state index in [1.807, 2.05) is 91.0 Å². The highest BCUT2D eigenvalue weighted by molar-refractivity contribution is 5.47. The normalized spacial score (nSPS) is 13.0. The number of hydrogen-bond acceptors (Lipinski definition) is 5. The number of ether oxygens (including phenoxy) is 5. The zero-order valence-electron chi connectivity index (χ0n) is 33.4. The molecule has 0 fully saturated rings. The minimum atomic E-state index is -0.988. The van der Waals surface area contributed by atoms with Crippen molar-refractivity contribution in [1.82, 2.24) is 0 Å².